The van der Waals surface area contributed by atoms with Crippen LogP contribution in [-0.2, 0) is 21.5 Å². The van der Waals surface area contributed by atoms with Crippen LogP contribution in [0.25, 0.3) is 0 Å². The van der Waals surface area contributed by atoms with Crippen molar-refractivity contribution >= 4 is 17.3 Å². The van der Waals surface area contributed by atoms with Crippen LogP contribution >= 0.6 is 11.3 Å². The molecule has 1 aromatic rings. The van der Waals surface area contributed by atoms with Crippen LogP contribution < -0.4 is 5.73 Å². The zero-order chi connectivity index (χ0) is 10.3. The minimum absolute atomic E-state index is 0.321. The average Bonchev–Trinajstić information content (AvgIpc) is 2.66. The number of nitrogens with two attached hydrogens (primary N) is 1. The number of aryl methyl sites for hydroxylation is 2. The largest absolute Gasteiger partial charge is 0.467 e. The third kappa shape index (κ3) is 1.18. The number of esters is 1. The molecule has 4 heteroatoms. The van der Waals surface area contributed by atoms with Crippen LogP contribution in [0.4, 0.5) is 0 Å². The lowest BCUT2D eigenvalue weighted by atomic mass is 10.0. The highest BCUT2D eigenvalue weighted by Gasteiger charge is 2.44. The molecule has 0 radical (unpaired) electrons. The van der Waals surface area contributed by atoms with Gasteiger partial charge in [0.25, 0.3) is 0 Å². The highest BCUT2D eigenvalue weighted by atomic mass is 32.1. The summed E-state index contributed by atoms with van der Waals surface area (Å²) in [4.78, 5) is 13.8. The molecular weight excluding hydrogens is 198 g/mol. The predicted octanol–water partition coefficient (Wildman–Crippen LogP) is 1.33. The molecule has 0 aromatic carbocycles. The van der Waals surface area contributed by atoms with Gasteiger partial charge in [-0.3, -0.25) is 0 Å². The van der Waals surface area contributed by atoms with Crippen LogP contribution in [-0.4, -0.2) is 13.1 Å². The van der Waals surface area contributed by atoms with Gasteiger partial charge in [-0.15, -0.1) is 11.3 Å². The van der Waals surface area contributed by atoms with Crippen LogP contribution in [0.3, 0.4) is 0 Å². The fourth-order valence-electron chi connectivity index (χ4n) is 1.95. The Kier molecular flexibility index (Phi) is 2.12. The highest BCUT2D eigenvalue weighted by Crippen LogP contribution is 2.41. The first kappa shape index (κ1) is 9.68. The Labute approximate surface area is 86.9 Å². The van der Waals surface area contributed by atoms with E-state index in [2.05, 4.69) is 6.07 Å². The third-order valence-electron chi connectivity index (χ3n) is 2.68. The average molecular weight is 211 g/mol. The lowest BCUT2D eigenvalue weighted by Crippen LogP contribution is -2.43. The minimum atomic E-state index is -0.886. The van der Waals surface area contributed by atoms with Crippen molar-refractivity contribution in [3.05, 3.63) is 21.4 Å². The Morgan fingerprint density at radius 2 is 2.43 bits per heavy atom. The zero-order valence-corrected chi connectivity index (χ0v) is 9.11. The van der Waals surface area contributed by atoms with Crippen molar-refractivity contribution in [2.75, 3.05) is 7.11 Å². The molecule has 0 aliphatic heterocycles. The van der Waals surface area contributed by atoms with Crippen LogP contribution in [0, 0.1) is 6.92 Å². The molecule has 0 bridgehead atoms. The van der Waals surface area contributed by atoms with Gasteiger partial charge in [-0.25, -0.2) is 4.79 Å². The lowest BCUT2D eigenvalue weighted by molar-refractivity contribution is -0.147. The Hall–Kier alpha value is -0.870. The molecule has 0 fully saturated rings. The number of ether oxygens (including phenoxy) is 1. The molecule has 14 heavy (non-hydrogen) atoms. The maximum Gasteiger partial charge on any atom is 0.331 e. The third-order valence-corrected chi connectivity index (χ3v) is 3.95. The van der Waals surface area contributed by atoms with Crippen molar-refractivity contribution in [3.63, 3.8) is 0 Å². The fraction of sp³-hybridized carbons (Fsp3) is 0.500. The van der Waals surface area contributed by atoms with Gasteiger partial charge < -0.3 is 10.5 Å². The lowest BCUT2D eigenvalue weighted by Gasteiger charge is -2.20. The molecule has 1 unspecified atom stereocenters. The summed E-state index contributed by atoms with van der Waals surface area (Å²) in [5, 5.41) is 0. The van der Waals surface area contributed by atoms with E-state index in [1.807, 2.05) is 6.92 Å². The summed E-state index contributed by atoms with van der Waals surface area (Å²) in [5.74, 6) is -0.321. The first-order valence-corrected chi connectivity index (χ1v) is 5.36. The van der Waals surface area contributed by atoms with E-state index in [1.54, 1.807) is 11.3 Å². The van der Waals surface area contributed by atoms with Crippen molar-refractivity contribution in [2.24, 2.45) is 5.73 Å². The molecule has 1 aliphatic rings. The molecule has 1 heterocycles. The van der Waals surface area contributed by atoms with E-state index in [0.717, 1.165) is 11.3 Å². The zero-order valence-electron chi connectivity index (χ0n) is 8.29. The first-order chi connectivity index (χ1) is 6.58. The Morgan fingerprint density at radius 1 is 1.71 bits per heavy atom. The number of hydrogen-bond donors (Lipinski definition) is 1. The minimum Gasteiger partial charge on any atom is -0.467 e. The molecule has 0 amide bonds. The van der Waals surface area contributed by atoms with Crippen molar-refractivity contribution in [1.82, 2.24) is 0 Å². The van der Waals surface area contributed by atoms with E-state index in [4.69, 9.17) is 10.5 Å². The van der Waals surface area contributed by atoms with E-state index in [1.165, 1.54) is 17.6 Å². The normalized spacial score (nSPS) is 24.8. The van der Waals surface area contributed by atoms with E-state index >= 15 is 0 Å². The molecular formula is C10H13NO2S. The van der Waals surface area contributed by atoms with Gasteiger partial charge >= 0.3 is 5.97 Å². The SMILES string of the molecule is COC(=O)C1(N)CCc2cc(C)sc21. The second kappa shape index (κ2) is 3.07. The molecule has 0 saturated heterocycles. The second-order valence-corrected chi connectivity index (χ2v) is 4.93. The van der Waals surface area contributed by atoms with Crippen LogP contribution in [0.5, 0.6) is 0 Å². The number of methoxy groups -OCH3 is 1. The number of fused-ring (bicyclic) bond motifs is 1. The van der Waals surface area contributed by atoms with Gasteiger partial charge in [0.1, 0.15) is 5.54 Å². The molecule has 3 nitrogen and oxygen atoms in total. The Bertz CT molecular complexity index is 385. The summed E-state index contributed by atoms with van der Waals surface area (Å²) in [6.45, 7) is 2.03. The molecule has 1 aliphatic carbocycles. The molecule has 2 N–H and O–H groups in total. The molecule has 2 rings (SSSR count). The van der Waals surface area contributed by atoms with Gasteiger partial charge in [0.05, 0.1) is 7.11 Å². The first-order valence-electron chi connectivity index (χ1n) is 4.55. The van der Waals surface area contributed by atoms with Gasteiger partial charge in [0, 0.05) is 9.75 Å². The van der Waals surface area contributed by atoms with Crippen molar-refractivity contribution in [2.45, 2.75) is 25.3 Å². The van der Waals surface area contributed by atoms with E-state index < -0.39 is 5.54 Å². The second-order valence-electron chi connectivity index (χ2n) is 3.67. The number of carbonyl (C=O) groups excluding carboxylic acids is 1. The van der Waals surface area contributed by atoms with E-state index in [-0.39, 0.29) is 5.97 Å². The van der Waals surface area contributed by atoms with Crippen LogP contribution in [0.15, 0.2) is 6.07 Å². The summed E-state index contributed by atoms with van der Waals surface area (Å²) >= 11 is 1.60. The summed E-state index contributed by atoms with van der Waals surface area (Å²) in [7, 11) is 1.38. The smallest absolute Gasteiger partial charge is 0.331 e. The fourth-order valence-corrected chi connectivity index (χ4v) is 3.14. The maximum atomic E-state index is 11.6. The van der Waals surface area contributed by atoms with Gasteiger partial charge in [-0.05, 0) is 31.4 Å². The standard InChI is InChI=1S/C10H13NO2S/c1-6-5-7-3-4-10(11,8(7)14-6)9(12)13-2/h5H,3-4,11H2,1-2H3. The molecule has 0 spiro atoms. The molecule has 1 atom stereocenters. The van der Waals surface area contributed by atoms with Crippen LogP contribution in [0.2, 0.25) is 0 Å². The Morgan fingerprint density at radius 3 is 3.07 bits per heavy atom. The van der Waals surface area contributed by atoms with Gasteiger partial charge in [-0.2, -0.15) is 0 Å². The number of hydrogen-bond acceptors (Lipinski definition) is 4. The maximum absolute atomic E-state index is 11.6. The monoisotopic (exact) mass is 211 g/mol. The van der Waals surface area contributed by atoms with Gasteiger partial charge in [0.2, 0.25) is 0 Å². The van der Waals surface area contributed by atoms with Crippen molar-refractivity contribution in [3.8, 4) is 0 Å². The van der Waals surface area contributed by atoms with E-state index in [0.29, 0.717) is 6.42 Å². The predicted molar refractivity (Wildman–Crippen MR) is 55.3 cm³/mol. The molecule has 76 valence electrons. The van der Waals surface area contributed by atoms with Crippen molar-refractivity contribution in [1.29, 1.82) is 0 Å². The van der Waals surface area contributed by atoms with Crippen LogP contribution in [0.1, 0.15) is 21.7 Å². The number of thiophene rings is 1. The molecule has 0 saturated carbocycles. The summed E-state index contributed by atoms with van der Waals surface area (Å²) in [6.07, 6.45) is 1.55. The highest BCUT2D eigenvalue weighted by molar-refractivity contribution is 7.12. The van der Waals surface area contributed by atoms with Gasteiger partial charge in [-0.1, -0.05) is 0 Å². The van der Waals surface area contributed by atoms with Gasteiger partial charge in [0.15, 0.2) is 0 Å². The summed E-state index contributed by atoms with van der Waals surface area (Å²) in [5.41, 5.74) is 6.40. The summed E-state index contributed by atoms with van der Waals surface area (Å²) in [6, 6.07) is 2.11. The topological polar surface area (TPSA) is 52.3 Å². The Balaban J connectivity index is 2.45. The molecule has 1 aromatic heterocycles. The van der Waals surface area contributed by atoms with E-state index in [9.17, 15) is 4.79 Å². The quantitative estimate of drug-likeness (QED) is 0.713. The van der Waals surface area contributed by atoms with Crippen molar-refractivity contribution < 1.29 is 9.53 Å². The number of carbonyl (C=O) groups is 1. The number of rotatable bonds is 1. The summed E-state index contributed by atoms with van der Waals surface area (Å²) < 4.78 is 4.75.